The van der Waals surface area contributed by atoms with Gasteiger partial charge in [0.1, 0.15) is 0 Å². The lowest BCUT2D eigenvalue weighted by Crippen LogP contribution is -2.44. The van der Waals surface area contributed by atoms with Crippen molar-refractivity contribution in [2.24, 2.45) is 0 Å². The molecule has 6 nitrogen and oxygen atoms in total. The second-order valence-electron chi connectivity index (χ2n) is 8.18. The lowest BCUT2D eigenvalue weighted by molar-refractivity contribution is -0.145. The molecule has 2 aliphatic rings. The smallest absolute Gasteiger partial charge is 0.339 e. The molecule has 1 saturated heterocycles. The van der Waals surface area contributed by atoms with Gasteiger partial charge in [0.05, 0.1) is 18.8 Å². The number of rotatable bonds is 4. The van der Waals surface area contributed by atoms with Gasteiger partial charge in [0.25, 0.3) is 5.91 Å². The van der Waals surface area contributed by atoms with Gasteiger partial charge >= 0.3 is 5.97 Å². The molecule has 1 aromatic heterocycles. The SMILES string of the molecule is O=C(O[C@@H](C(=O)N1CCOCC1)c1ccccc1)c1ccc2[nH]c3c(c2c1)CCCC3. The molecule has 1 N–H and O–H groups in total. The molecule has 3 aromatic rings. The molecule has 1 aliphatic carbocycles. The Balaban J connectivity index is 1.43. The van der Waals surface area contributed by atoms with Gasteiger partial charge in [-0.2, -0.15) is 0 Å². The van der Waals surface area contributed by atoms with Crippen molar-refractivity contribution in [3.05, 3.63) is 70.9 Å². The average molecular weight is 418 g/mol. The van der Waals surface area contributed by atoms with Gasteiger partial charge in [-0.3, -0.25) is 4.79 Å². The summed E-state index contributed by atoms with van der Waals surface area (Å²) in [5.74, 6) is -0.689. The molecule has 2 aromatic carbocycles. The summed E-state index contributed by atoms with van der Waals surface area (Å²) in [4.78, 5) is 31.5. The van der Waals surface area contributed by atoms with E-state index in [9.17, 15) is 9.59 Å². The maximum atomic E-state index is 13.2. The second-order valence-corrected chi connectivity index (χ2v) is 8.18. The summed E-state index contributed by atoms with van der Waals surface area (Å²) >= 11 is 0. The normalized spacial score (nSPS) is 17.2. The molecular formula is C25H26N2O4. The highest BCUT2D eigenvalue weighted by Gasteiger charge is 2.31. The van der Waals surface area contributed by atoms with Crippen molar-refractivity contribution in [2.75, 3.05) is 26.3 Å². The van der Waals surface area contributed by atoms with Gasteiger partial charge in [-0.05, 0) is 49.4 Å². The zero-order valence-corrected chi connectivity index (χ0v) is 17.4. The van der Waals surface area contributed by atoms with Gasteiger partial charge in [0.15, 0.2) is 0 Å². The first-order valence-electron chi connectivity index (χ1n) is 11.0. The summed E-state index contributed by atoms with van der Waals surface area (Å²) in [6.07, 6.45) is 3.46. The van der Waals surface area contributed by atoms with Crippen LogP contribution in [0.1, 0.15) is 46.1 Å². The van der Waals surface area contributed by atoms with Crippen LogP contribution < -0.4 is 0 Å². The number of aryl methyl sites for hydroxylation is 2. The minimum Gasteiger partial charge on any atom is -0.444 e. The van der Waals surface area contributed by atoms with E-state index in [1.54, 1.807) is 11.0 Å². The van der Waals surface area contributed by atoms with E-state index < -0.39 is 12.1 Å². The molecule has 1 amide bonds. The third kappa shape index (κ3) is 3.95. The number of esters is 1. The number of morpholine rings is 1. The van der Waals surface area contributed by atoms with Crippen LogP contribution in [-0.4, -0.2) is 48.1 Å². The number of benzene rings is 2. The number of carbonyl (C=O) groups excluding carboxylic acids is 2. The minimum atomic E-state index is -0.970. The molecule has 1 atom stereocenters. The van der Waals surface area contributed by atoms with Gasteiger partial charge in [-0.1, -0.05) is 30.3 Å². The Labute approximate surface area is 181 Å². The molecule has 5 rings (SSSR count). The number of hydrogen-bond acceptors (Lipinski definition) is 4. The van der Waals surface area contributed by atoms with E-state index in [2.05, 4.69) is 4.98 Å². The van der Waals surface area contributed by atoms with E-state index in [-0.39, 0.29) is 5.91 Å². The predicted octanol–water partition coefficient (Wildman–Crippen LogP) is 3.80. The summed E-state index contributed by atoms with van der Waals surface area (Å²) in [5, 5.41) is 1.08. The third-order valence-corrected chi connectivity index (χ3v) is 6.21. The molecule has 0 unspecified atom stereocenters. The Morgan fingerprint density at radius 2 is 1.77 bits per heavy atom. The number of ether oxygens (including phenoxy) is 2. The fraction of sp³-hybridized carbons (Fsp3) is 0.360. The number of fused-ring (bicyclic) bond motifs is 3. The highest BCUT2D eigenvalue weighted by atomic mass is 16.5. The van der Waals surface area contributed by atoms with Gasteiger partial charge in [-0.15, -0.1) is 0 Å². The lowest BCUT2D eigenvalue weighted by Gasteiger charge is -2.30. The first-order chi connectivity index (χ1) is 15.2. The van der Waals surface area contributed by atoms with Crippen LogP contribution in [0.25, 0.3) is 10.9 Å². The Kier molecular flexibility index (Phi) is 5.47. The van der Waals surface area contributed by atoms with Crippen LogP contribution in [0.5, 0.6) is 0 Å². The summed E-state index contributed by atoms with van der Waals surface area (Å²) in [7, 11) is 0. The minimum absolute atomic E-state index is 0.206. The number of aromatic amines is 1. The van der Waals surface area contributed by atoms with Crippen LogP contribution >= 0.6 is 0 Å². The second kappa shape index (κ2) is 8.55. The predicted molar refractivity (Wildman–Crippen MR) is 117 cm³/mol. The number of carbonyl (C=O) groups is 2. The maximum absolute atomic E-state index is 13.2. The number of amides is 1. The molecule has 31 heavy (non-hydrogen) atoms. The molecule has 0 radical (unpaired) electrons. The highest BCUT2D eigenvalue weighted by Crippen LogP contribution is 2.30. The van der Waals surface area contributed by atoms with E-state index in [1.165, 1.54) is 24.1 Å². The number of nitrogens with zero attached hydrogens (tertiary/aromatic N) is 1. The monoisotopic (exact) mass is 418 g/mol. The average Bonchev–Trinajstić information content (AvgIpc) is 3.21. The molecule has 1 fully saturated rings. The summed E-state index contributed by atoms with van der Waals surface area (Å²) in [6, 6.07) is 14.8. The fourth-order valence-corrected chi connectivity index (χ4v) is 4.55. The Morgan fingerprint density at radius 3 is 2.58 bits per heavy atom. The molecule has 6 heteroatoms. The Morgan fingerprint density at radius 1 is 1.00 bits per heavy atom. The first-order valence-corrected chi connectivity index (χ1v) is 11.0. The van der Waals surface area contributed by atoms with E-state index >= 15 is 0 Å². The van der Waals surface area contributed by atoms with Gasteiger partial charge in [-0.25, -0.2) is 4.79 Å². The van der Waals surface area contributed by atoms with Crippen molar-refractivity contribution in [3.63, 3.8) is 0 Å². The van der Waals surface area contributed by atoms with Crippen LogP contribution in [0.2, 0.25) is 0 Å². The van der Waals surface area contributed by atoms with Crippen molar-refractivity contribution in [1.29, 1.82) is 0 Å². The number of hydrogen-bond donors (Lipinski definition) is 1. The summed E-state index contributed by atoms with van der Waals surface area (Å²) in [6.45, 7) is 2.00. The molecule has 160 valence electrons. The van der Waals surface area contributed by atoms with Crippen molar-refractivity contribution in [2.45, 2.75) is 31.8 Å². The number of aromatic nitrogens is 1. The van der Waals surface area contributed by atoms with Crippen molar-refractivity contribution in [3.8, 4) is 0 Å². The quantitative estimate of drug-likeness (QED) is 0.654. The van der Waals surface area contributed by atoms with Crippen LogP contribution in [0.4, 0.5) is 0 Å². The van der Waals surface area contributed by atoms with Crippen molar-refractivity contribution in [1.82, 2.24) is 9.88 Å². The lowest BCUT2D eigenvalue weighted by atomic mass is 9.95. The largest absolute Gasteiger partial charge is 0.444 e. The van der Waals surface area contributed by atoms with E-state index in [0.717, 1.165) is 23.7 Å². The van der Waals surface area contributed by atoms with Crippen LogP contribution in [-0.2, 0) is 27.1 Å². The topological polar surface area (TPSA) is 71.6 Å². The molecule has 0 spiro atoms. The van der Waals surface area contributed by atoms with Crippen LogP contribution in [0.15, 0.2) is 48.5 Å². The number of nitrogens with one attached hydrogen (secondary N) is 1. The highest BCUT2D eigenvalue weighted by molar-refractivity contribution is 5.97. The van der Waals surface area contributed by atoms with Gasteiger partial charge in [0.2, 0.25) is 6.10 Å². The van der Waals surface area contributed by atoms with Crippen LogP contribution in [0.3, 0.4) is 0 Å². The Bertz CT molecular complexity index is 1100. The first kappa shape index (κ1) is 19.8. The molecule has 0 saturated carbocycles. The zero-order valence-electron chi connectivity index (χ0n) is 17.4. The number of H-pyrrole nitrogens is 1. The summed E-state index contributed by atoms with van der Waals surface area (Å²) < 4.78 is 11.2. The molecule has 0 bridgehead atoms. The third-order valence-electron chi connectivity index (χ3n) is 6.21. The van der Waals surface area contributed by atoms with Crippen molar-refractivity contribution >= 4 is 22.8 Å². The fourth-order valence-electron chi connectivity index (χ4n) is 4.55. The van der Waals surface area contributed by atoms with Gasteiger partial charge < -0.3 is 19.4 Å². The van der Waals surface area contributed by atoms with E-state index in [1.807, 2.05) is 42.5 Å². The standard InChI is InChI=1S/C25H26N2O4/c28-24(27-12-14-30-15-13-27)23(17-6-2-1-3-7-17)31-25(29)18-10-11-22-20(16-18)19-8-4-5-9-21(19)26-22/h1-3,6-7,10-11,16,23,26H,4-5,8-9,12-15H2/t23-/m1/s1. The van der Waals surface area contributed by atoms with Gasteiger partial charge in [0, 0.05) is 35.2 Å². The molecule has 2 heterocycles. The van der Waals surface area contributed by atoms with Crippen LogP contribution in [0, 0.1) is 0 Å². The molecular weight excluding hydrogens is 392 g/mol. The van der Waals surface area contributed by atoms with E-state index in [0.29, 0.717) is 37.4 Å². The molecule has 1 aliphatic heterocycles. The summed E-state index contributed by atoms with van der Waals surface area (Å²) in [5.41, 5.74) is 4.77. The Hall–Kier alpha value is -3.12. The maximum Gasteiger partial charge on any atom is 0.339 e. The zero-order chi connectivity index (χ0) is 21.2. The van der Waals surface area contributed by atoms with Crippen molar-refractivity contribution < 1.29 is 19.1 Å². The van der Waals surface area contributed by atoms with E-state index in [4.69, 9.17) is 9.47 Å².